The van der Waals surface area contributed by atoms with Crippen LogP contribution in [0.25, 0.3) is 22.4 Å². The summed E-state index contributed by atoms with van der Waals surface area (Å²) in [5.41, 5.74) is 2.33. The van der Waals surface area contributed by atoms with Crippen molar-refractivity contribution in [2.24, 2.45) is 0 Å². The van der Waals surface area contributed by atoms with Crippen LogP contribution in [0.5, 0.6) is 5.75 Å². The molecule has 0 amide bonds. The summed E-state index contributed by atoms with van der Waals surface area (Å²) >= 11 is 0. The van der Waals surface area contributed by atoms with Crippen LogP contribution in [-0.4, -0.2) is 14.7 Å². The number of imidazole rings is 1. The van der Waals surface area contributed by atoms with Crippen molar-refractivity contribution in [2.45, 2.75) is 19.9 Å². The number of fused-ring (bicyclic) bond motifs is 1. The zero-order valence-corrected chi connectivity index (χ0v) is 11.3. The van der Waals surface area contributed by atoms with Crippen LogP contribution in [0.1, 0.15) is 19.9 Å². The molecule has 2 aromatic carbocycles. The van der Waals surface area contributed by atoms with Crippen molar-refractivity contribution in [2.75, 3.05) is 0 Å². The van der Waals surface area contributed by atoms with Crippen molar-refractivity contribution in [1.29, 1.82) is 0 Å². The first-order chi connectivity index (χ1) is 9.56. The highest BCUT2D eigenvalue weighted by atomic mass is 19.1. The van der Waals surface area contributed by atoms with Gasteiger partial charge >= 0.3 is 0 Å². The third-order valence-corrected chi connectivity index (χ3v) is 3.27. The van der Waals surface area contributed by atoms with Gasteiger partial charge in [0.05, 0.1) is 11.0 Å². The number of halogens is 1. The minimum Gasteiger partial charge on any atom is -0.508 e. The van der Waals surface area contributed by atoms with E-state index in [-0.39, 0.29) is 17.6 Å². The summed E-state index contributed by atoms with van der Waals surface area (Å²) in [6, 6.07) is 11.7. The van der Waals surface area contributed by atoms with Gasteiger partial charge in [-0.15, -0.1) is 0 Å². The Morgan fingerprint density at radius 3 is 2.65 bits per heavy atom. The fourth-order valence-corrected chi connectivity index (χ4v) is 2.44. The van der Waals surface area contributed by atoms with Crippen LogP contribution < -0.4 is 0 Å². The molecule has 3 rings (SSSR count). The molecule has 3 aromatic rings. The predicted molar refractivity (Wildman–Crippen MR) is 77.2 cm³/mol. The molecule has 0 aliphatic rings. The lowest BCUT2D eigenvalue weighted by Crippen LogP contribution is -2.03. The van der Waals surface area contributed by atoms with Crippen LogP contribution in [0, 0.1) is 5.82 Å². The maximum Gasteiger partial charge on any atom is 0.141 e. The third-order valence-electron chi connectivity index (χ3n) is 3.27. The van der Waals surface area contributed by atoms with Gasteiger partial charge in [-0.25, -0.2) is 9.37 Å². The molecule has 4 heteroatoms. The number of benzene rings is 2. The molecule has 0 atom stereocenters. The van der Waals surface area contributed by atoms with E-state index in [4.69, 9.17) is 0 Å². The van der Waals surface area contributed by atoms with E-state index in [1.165, 1.54) is 12.1 Å². The van der Waals surface area contributed by atoms with Crippen molar-refractivity contribution in [3.05, 3.63) is 48.3 Å². The molecule has 1 heterocycles. The lowest BCUT2D eigenvalue weighted by molar-refractivity contribution is 0.475. The van der Waals surface area contributed by atoms with E-state index in [2.05, 4.69) is 4.98 Å². The van der Waals surface area contributed by atoms with Crippen molar-refractivity contribution < 1.29 is 9.50 Å². The second-order valence-corrected chi connectivity index (χ2v) is 5.08. The quantitative estimate of drug-likeness (QED) is 0.760. The summed E-state index contributed by atoms with van der Waals surface area (Å²) < 4.78 is 15.5. The largest absolute Gasteiger partial charge is 0.508 e. The van der Waals surface area contributed by atoms with Crippen molar-refractivity contribution >= 4 is 11.0 Å². The molecule has 3 nitrogen and oxygen atoms in total. The van der Waals surface area contributed by atoms with Crippen LogP contribution in [-0.2, 0) is 0 Å². The molecule has 20 heavy (non-hydrogen) atoms. The smallest absolute Gasteiger partial charge is 0.141 e. The van der Waals surface area contributed by atoms with E-state index in [1.54, 1.807) is 24.3 Å². The van der Waals surface area contributed by atoms with Gasteiger partial charge in [0, 0.05) is 11.6 Å². The van der Waals surface area contributed by atoms with Crippen LogP contribution in [0.3, 0.4) is 0 Å². The van der Waals surface area contributed by atoms with Gasteiger partial charge < -0.3 is 9.67 Å². The Labute approximate surface area is 116 Å². The molecular weight excluding hydrogens is 255 g/mol. The molecule has 0 saturated carbocycles. The lowest BCUT2D eigenvalue weighted by Gasteiger charge is -2.13. The Morgan fingerprint density at radius 1 is 1.15 bits per heavy atom. The first kappa shape index (κ1) is 12.7. The second kappa shape index (κ2) is 4.63. The molecule has 0 fully saturated rings. The van der Waals surface area contributed by atoms with Gasteiger partial charge in [-0.1, -0.05) is 12.1 Å². The number of aromatic hydroxyl groups is 1. The number of hydrogen-bond acceptors (Lipinski definition) is 2. The molecule has 0 radical (unpaired) electrons. The summed E-state index contributed by atoms with van der Waals surface area (Å²) in [6.45, 7) is 4.05. The Bertz CT molecular complexity index is 777. The van der Waals surface area contributed by atoms with Gasteiger partial charge in [0.25, 0.3) is 0 Å². The summed E-state index contributed by atoms with van der Waals surface area (Å²) in [7, 11) is 0. The van der Waals surface area contributed by atoms with E-state index in [1.807, 2.05) is 24.5 Å². The van der Waals surface area contributed by atoms with Gasteiger partial charge in [-0.2, -0.15) is 0 Å². The third kappa shape index (κ3) is 2.03. The Hall–Kier alpha value is -2.36. The molecule has 1 N–H and O–H groups in total. The molecule has 0 aliphatic carbocycles. The Morgan fingerprint density at radius 2 is 1.95 bits per heavy atom. The summed E-state index contributed by atoms with van der Waals surface area (Å²) in [4.78, 5) is 4.57. The molecule has 0 saturated heterocycles. The summed E-state index contributed by atoms with van der Waals surface area (Å²) in [5.74, 6) is 0.648. The van der Waals surface area contributed by atoms with Crippen LogP contribution in [0.2, 0.25) is 0 Å². The highest BCUT2D eigenvalue weighted by Gasteiger charge is 2.15. The van der Waals surface area contributed by atoms with Crippen molar-refractivity contribution in [1.82, 2.24) is 9.55 Å². The van der Waals surface area contributed by atoms with E-state index < -0.39 is 0 Å². The van der Waals surface area contributed by atoms with Gasteiger partial charge in [0.2, 0.25) is 0 Å². The zero-order valence-electron chi connectivity index (χ0n) is 11.3. The number of nitrogens with zero attached hydrogens (tertiary/aromatic N) is 2. The van der Waals surface area contributed by atoms with E-state index in [0.717, 1.165) is 22.4 Å². The zero-order chi connectivity index (χ0) is 14.3. The molecule has 0 unspecified atom stereocenters. The Balaban J connectivity index is 2.32. The molecule has 102 valence electrons. The Kier molecular flexibility index (Phi) is 2.93. The van der Waals surface area contributed by atoms with Gasteiger partial charge in [0.15, 0.2) is 0 Å². The van der Waals surface area contributed by atoms with Crippen LogP contribution in [0.4, 0.5) is 4.39 Å². The first-order valence-electron chi connectivity index (χ1n) is 6.53. The maximum atomic E-state index is 13.5. The highest BCUT2D eigenvalue weighted by molar-refractivity contribution is 5.81. The minimum atomic E-state index is -0.276. The molecule has 0 bridgehead atoms. The van der Waals surface area contributed by atoms with Crippen LogP contribution >= 0.6 is 0 Å². The topological polar surface area (TPSA) is 38.0 Å². The highest BCUT2D eigenvalue weighted by Crippen LogP contribution is 2.30. The average Bonchev–Trinajstić information content (AvgIpc) is 2.77. The number of rotatable bonds is 2. The van der Waals surface area contributed by atoms with E-state index in [0.29, 0.717) is 0 Å². The number of phenols is 1. The maximum absolute atomic E-state index is 13.5. The molecular formula is C16H15FN2O. The van der Waals surface area contributed by atoms with E-state index >= 15 is 0 Å². The second-order valence-electron chi connectivity index (χ2n) is 5.08. The number of aromatic nitrogens is 2. The first-order valence-corrected chi connectivity index (χ1v) is 6.53. The summed E-state index contributed by atoms with van der Waals surface area (Å²) in [5, 5.41) is 9.63. The summed E-state index contributed by atoms with van der Waals surface area (Å²) in [6.07, 6.45) is 0. The normalized spacial score (nSPS) is 11.4. The lowest BCUT2D eigenvalue weighted by atomic mass is 10.2. The van der Waals surface area contributed by atoms with Gasteiger partial charge in [-0.05, 0) is 44.2 Å². The number of hydrogen-bond donors (Lipinski definition) is 1. The fourth-order valence-electron chi connectivity index (χ4n) is 2.44. The molecule has 0 aliphatic heterocycles. The van der Waals surface area contributed by atoms with Crippen molar-refractivity contribution in [3.8, 4) is 17.1 Å². The predicted octanol–water partition coefficient (Wildman–Crippen LogP) is 4.13. The van der Waals surface area contributed by atoms with Crippen molar-refractivity contribution in [3.63, 3.8) is 0 Å². The molecule has 0 spiro atoms. The minimum absolute atomic E-state index is 0.138. The SMILES string of the molecule is CC(C)n1c(-c2cccc(O)c2)nc2ccc(F)cc21. The van der Waals surface area contributed by atoms with Crippen LogP contribution in [0.15, 0.2) is 42.5 Å². The monoisotopic (exact) mass is 270 g/mol. The molecule has 1 aromatic heterocycles. The van der Waals surface area contributed by atoms with Gasteiger partial charge in [-0.3, -0.25) is 0 Å². The van der Waals surface area contributed by atoms with Gasteiger partial charge in [0.1, 0.15) is 17.4 Å². The average molecular weight is 270 g/mol. The fraction of sp³-hybridized carbons (Fsp3) is 0.188. The number of phenolic OH excluding ortho intramolecular Hbond substituents is 1. The van der Waals surface area contributed by atoms with E-state index in [9.17, 15) is 9.50 Å². The standard InChI is InChI=1S/C16H15FN2O/c1-10(2)19-15-9-12(17)6-7-14(15)18-16(19)11-4-3-5-13(20)8-11/h3-10,20H,1-2H3.